The quantitative estimate of drug-likeness (QED) is 0.595. The summed E-state index contributed by atoms with van der Waals surface area (Å²) in [6.45, 7) is 9.17. The van der Waals surface area contributed by atoms with Gasteiger partial charge in [0.15, 0.2) is 0 Å². The fourth-order valence-corrected chi connectivity index (χ4v) is 2.27. The van der Waals surface area contributed by atoms with Crippen molar-refractivity contribution in [3.8, 4) is 11.8 Å². The number of nitrogens with zero attached hydrogens (tertiary/aromatic N) is 1. The standard InChI is InChI=1S/C17H24BNO4/c1-16(2)17(3,4)23-18(22-16)14-7-8-15(13(11-14)12-19)21-10-6-9-20-5/h7-8,11H,6,9-10H2,1-5H3. The predicted octanol–water partition coefficient (Wildman–Crippen LogP) is 2.27. The molecule has 5 nitrogen and oxygen atoms in total. The first-order valence-corrected chi connectivity index (χ1v) is 7.82. The Balaban J connectivity index is 2.12. The summed E-state index contributed by atoms with van der Waals surface area (Å²) in [6, 6.07) is 7.63. The van der Waals surface area contributed by atoms with E-state index in [9.17, 15) is 5.26 Å². The molecule has 1 aliphatic heterocycles. The normalized spacial score (nSPS) is 18.7. The Morgan fingerprint density at radius 3 is 2.35 bits per heavy atom. The summed E-state index contributed by atoms with van der Waals surface area (Å²) in [5.41, 5.74) is 0.499. The second-order valence-corrected chi connectivity index (χ2v) is 6.65. The molecule has 6 heteroatoms. The number of hydrogen-bond donors (Lipinski definition) is 0. The van der Waals surface area contributed by atoms with Gasteiger partial charge in [-0.05, 0) is 45.3 Å². The molecule has 0 aromatic heterocycles. The minimum absolute atomic E-state index is 0.403. The highest BCUT2D eigenvalue weighted by Crippen LogP contribution is 2.36. The molecular weight excluding hydrogens is 293 g/mol. The van der Waals surface area contributed by atoms with Gasteiger partial charge in [0.05, 0.1) is 23.4 Å². The van der Waals surface area contributed by atoms with Crippen molar-refractivity contribution < 1.29 is 18.8 Å². The van der Waals surface area contributed by atoms with Crippen LogP contribution < -0.4 is 10.2 Å². The van der Waals surface area contributed by atoms with Gasteiger partial charge < -0.3 is 18.8 Å². The van der Waals surface area contributed by atoms with Crippen LogP contribution in [0, 0.1) is 11.3 Å². The third kappa shape index (κ3) is 3.87. The van der Waals surface area contributed by atoms with Crippen LogP contribution in [0.15, 0.2) is 18.2 Å². The molecule has 23 heavy (non-hydrogen) atoms. The van der Waals surface area contributed by atoms with Crippen molar-refractivity contribution in [2.45, 2.75) is 45.3 Å². The van der Waals surface area contributed by atoms with E-state index in [1.807, 2.05) is 33.8 Å². The summed E-state index contributed by atoms with van der Waals surface area (Å²) in [4.78, 5) is 0. The number of nitriles is 1. The van der Waals surface area contributed by atoms with E-state index >= 15 is 0 Å². The van der Waals surface area contributed by atoms with Crippen LogP contribution in [0.3, 0.4) is 0 Å². The van der Waals surface area contributed by atoms with E-state index < -0.39 is 18.3 Å². The molecular formula is C17H24BNO4. The average molecular weight is 317 g/mol. The lowest BCUT2D eigenvalue weighted by Crippen LogP contribution is -2.41. The van der Waals surface area contributed by atoms with Crippen molar-refractivity contribution >= 4 is 12.6 Å². The Kier molecular flexibility index (Phi) is 5.35. The minimum Gasteiger partial charge on any atom is -0.492 e. The van der Waals surface area contributed by atoms with Gasteiger partial charge in [-0.1, -0.05) is 6.07 Å². The number of ether oxygens (including phenoxy) is 2. The molecule has 1 heterocycles. The maximum absolute atomic E-state index is 9.36. The molecule has 1 aromatic rings. The van der Waals surface area contributed by atoms with E-state index in [4.69, 9.17) is 18.8 Å². The molecule has 124 valence electrons. The fraction of sp³-hybridized carbons (Fsp3) is 0.588. The molecule has 2 rings (SSSR count). The highest BCUT2D eigenvalue weighted by Gasteiger charge is 2.51. The zero-order valence-corrected chi connectivity index (χ0v) is 14.5. The minimum atomic E-state index is -0.477. The van der Waals surface area contributed by atoms with Crippen molar-refractivity contribution in [3.05, 3.63) is 23.8 Å². The number of methoxy groups -OCH3 is 1. The molecule has 0 spiro atoms. The summed E-state index contributed by atoms with van der Waals surface area (Å²) < 4.78 is 22.7. The smallest absolute Gasteiger partial charge is 0.492 e. The lowest BCUT2D eigenvalue weighted by Gasteiger charge is -2.32. The third-order valence-corrected chi connectivity index (χ3v) is 4.40. The molecule has 0 unspecified atom stereocenters. The lowest BCUT2D eigenvalue weighted by atomic mass is 9.78. The van der Waals surface area contributed by atoms with Crippen LogP contribution in [-0.2, 0) is 14.0 Å². The Hall–Kier alpha value is -1.55. The van der Waals surface area contributed by atoms with Gasteiger partial charge in [-0.15, -0.1) is 0 Å². The van der Waals surface area contributed by atoms with Crippen molar-refractivity contribution in [2.24, 2.45) is 0 Å². The van der Waals surface area contributed by atoms with E-state index in [2.05, 4.69) is 6.07 Å². The molecule has 0 bridgehead atoms. The third-order valence-electron chi connectivity index (χ3n) is 4.40. The van der Waals surface area contributed by atoms with Gasteiger partial charge in [0.25, 0.3) is 0 Å². The first-order valence-electron chi connectivity index (χ1n) is 7.82. The highest BCUT2D eigenvalue weighted by atomic mass is 16.7. The van der Waals surface area contributed by atoms with E-state index in [1.165, 1.54) is 0 Å². The molecule has 0 amide bonds. The van der Waals surface area contributed by atoms with Crippen molar-refractivity contribution in [3.63, 3.8) is 0 Å². The zero-order chi connectivity index (χ0) is 17.1. The zero-order valence-electron chi connectivity index (χ0n) is 14.5. The maximum atomic E-state index is 9.36. The predicted molar refractivity (Wildman–Crippen MR) is 88.9 cm³/mol. The summed E-state index contributed by atoms with van der Waals surface area (Å²) in [5, 5.41) is 9.36. The number of rotatable bonds is 6. The van der Waals surface area contributed by atoms with E-state index in [0.29, 0.717) is 24.5 Å². The van der Waals surface area contributed by atoms with Gasteiger partial charge in [0.2, 0.25) is 0 Å². The highest BCUT2D eigenvalue weighted by molar-refractivity contribution is 6.62. The Bertz CT molecular complexity index is 579. The number of benzene rings is 1. The summed E-state index contributed by atoms with van der Waals surface area (Å²) in [5.74, 6) is 0.573. The van der Waals surface area contributed by atoms with Gasteiger partial charge in [0, 0.05) is 20.1 Å². The molecule has 0 N–H and O–H groups in total. The first-order chi connectivity index (χ1) is 10.8. The summed E-state index contributed by atoms with van der Waals surface area (Å²) in [7, 11) is 1.18. The van der Waals surface area contributed by atoms with Crippen molar-refractivity contribution in [1.29, 1.82) is 5.26 Å². The van der Waals surface area contributed by atoms with Crippen molar-refractivity contribution in [1.82, 2.24) is 0 Å². The Labute approximate surface area is 138 Å². The second kappa shape index (κ2) is 6.92. The first kappa shape index (κ1) is 17.8. The molecule has 1 aliphatic rings. The topological polar surface area (TPSA) is 60.7 Å². The van der Waals surface area contributed by atoms with E-state index in [1.54, 1.807) is 19.2 Å². The molecule has 1 fully saturated rings. The van der Waals surface area contributed by atoms with E-state index in [-0.39, 0.29) is 0 Å². The molecule has 0 saturated carbocycles. The van der Waals surface area contributed by atoms with Gasteiger partial charge in [0.1, 0.15) is 11.8 Å². The van der Waals surface area contributed by atoms with Gasteiger partial charge in [-0.3, -0.25) is 0 Å². The molecule has 0 atom stereocenters. The van der Waals surface area contributed by atoms with Crippen molar-refractivity contribution in [2.75, 3.05) is 20.3 Å². The summed E-state index contributed by atoms with van der Waals surface area (Å²) in [6.07, 6.45) is 0.778. The Morgan fingerprint density at radius 1 is 1.13 bits per heavy atom. The van der Waals surface area contributed by atoms with Gasteiger partial charge in [-0.25, -0.2) is 0 Å². The van der Waals surface area contributed by atoms with E-state index in [0.717, 1.165) is 11.9 Å². The molecule has 0 radical (unpaired) electrons. The van der Waals surface area contributed by atoms with Crippen LogP contribution in [0.2, 0.25) is 0 Å². The Morgan fingerprint density at radius 2 is 1.78 bits per heavy atom. The molecule has 1 saturated heterocycles. The van der Waals surface area contributed by atoms with Gasteiger partial charge in [-0.2, -0.15) is 5.26 Å². The monoisotopic (exact) mass is 317 g/mol. The van der Waals surface area contributed by atoms with Crippen LogP contribution in [0.1, 0.15) is 39.7 Å². The van der Waals surface area contributed by atoms with Crippen LogP contribution in [0.5, 0.6) is 5.75 Å². The average Bonchev–Trinajstić information content (AvgIpc) is 2.72. The van der Waals surface area contributed by atoms with Crippen LogP contribution in [0.4, 0.5) is 0 Å². The molecule has 1 aromatic carbocycles. The SMILES string of the molecule is COCCCOc1ccc(B2OC(C)(C)C(C)(C)O2)cc1C#N. The number of hydrogen-bond acceptors (Lipinski definition) is 5. The van der Waals surface area contributed by atoms with Crippen LogP contribution >= 0.6 is 0 Å². The fourth-order valence-electron chi connectivity index (χ4n) is 2.27. The van der Waals surface area contributed by atoms with Crippen LogP contribution in [-0.4, -0.2) is 38.6 Å². The van der Waals surface area contributed by atoms with Gasteiger partial charge >= 0.3 is 7.12 Å². The summed E-state index contributed by atoms with van der Waals surface area (Å²) >= 11 is 0. The maximum Gasteiger partial charge on any atom is 0.494 e. The molecule has 0 aliphatic carbocycles. The lowest BCUT2D eigenvalue weighted by molar-refractivity contribution is 0.00578. The largest absolute Gasteiger partial charge is 0.494 e. The van der Waals surface area contributed by atoms with Crippen LogP contribution in [0.25, 0.3) is 0 Å². The second-order valence-electron chi connectivity index (χ2n) is 6.65.